The standard InChI is InChI=1S/C18H21N3O2/c1-2-3-14-16(8-10-17(14)22)19-13-6-4-12(5-7-13)15-9-11-18(23)21-20-15/h2,4-7,15,19-20H,1,3,8-11H2,(H,21,23). The Labute approximate surface area is 135 Å². The van der Waals surface area contributed by atoms with E-state index in [0.717, 1.165) is 35.4 Å². The number of allylic oxidation sites excluding steroid dienone is 3. The summed E-state index contributed by atoms with van der Waals surface area (Å²) in [6, 6.07) is 8.25. The average molecular weight is 311 g/mol. The van der Waals surface area contributed by atoms with Crippen LogP contribution in [0.5, 0.6) is 0 Å². The molecule has 3 N–H and O–H groups in total. The van der Waals surface area contributed by atoms with E-state index in [4.69, 9.17) is 0 Å². The molecule has 1 aliphatic heterocycles. The lowest BCUT2D eigenvalue weighted by atomic mass is 10.0. The summed E-state index contributed by atoms with van der Waals surface area (Å²) < 4.78 is 0. The Hall–Kier alpha value is -2.40. The van der Waals surface area contributed by atoms with Crippen LogP contribution in [-0.2, 0) is 9.59 Å². The van der Waals surface area contributed by atoms with Gasteiger partial charge in [0, 0.05) is 29.8 Å². The van der Waals surface area contributed by atoms with E-state index in [1.807, 2.05) is 24.3 Å². The minimum atomic E-state index is 0.0344. The maximum absolute atomic E-state index is 11.9. The molecule has 2 aliphatic rings. The summed E-state index contributed by atoms with van der Waals surface area (Å²) in [5.41, 5.74) is 9.65. The predicted octanol–water partition coefficient (Wildman–Crippen LogP) is 2.75. The van der Waals surface area contributed by atoms with Crippen LogP contribution in [0.25, 0.3) is 0 Å². The first-order chi connectivity index (χ1) is 11.2. The summed E-state index contributed by atoms with van der Waals surface area (Å²) in [6.07, 6.45) is 5.06. The van der Waals surface area contributed by atoms with E-state index < -0.39 is 0 Å². The third-order valence-corrected chi connectivity index (χ3v) is 4.31. The zero-order valence-electron chi connectivity index (χ0n) is 13.0. The van der Waals surface area contributed by atoms with Crippen molar-refractivity contribution in [2.75, 3.05) is 5.32 Å². The maximum atomic E-state index is 11.9. The first-order valence-electron chi connectivity index (χ1n) is 7.95. The normalized spacial score (nSPS) is 21.3. The number of amides is 1. The van der Waals surface area contributed by atoms with E-state index in [2.05, 4.69) is 22.7 Å². The third-order valence-electron chi connectivity index (χ3n) is 4.31. The first kappa shape index (κ1) is 15.5. The van der Waals surface area contributed by atoms with E-state index in [-0.39, 0.29) is 17.7 Å². The zero-order chi connectivity index (χ0) is 16.2. The highest BCUT2D eigenvalue weighted by Gasteiger charge is 2.22. The number of Topliss-reactive ketones (excluding diaryl/α,β-unsaturated/α-hetero) is 1. The molecule has 3 rings (SSSR count). The van der Waals surface area contributed by atoms with Gasteiger partial charge in [0.15, 0.2) is 5.78 Å². The lowest BCUT2D eigenvalue weighted by molar-refractivity contribution is -0.124. The molecular formula is C18H21N3O2. The zero-order valence-corrected chi connectivity index (χ0v) is 13.0. The predicted molar refractivity (Wildman–Crippen MR) is 89.4 cm³/mol. The number of nitrogens with one attached hydrogen (secondary N) is 3. The van der Waals surface area contributed by atoms with Gasteiger partial charge in [0.1, 0.15) is 0 Å². The van der Waals surface area contributed by atoms with Gasteiger partial charge in [-0.3, -0.25) is 15.0 Å². The van der Waals surface area contributed by atoms with Crippen LogP contribution < -0.4 is 16.2 Å². The van der Waals surface area contributed by atoms with Crippen LogP contribution in [-0.4, -0.2) is 11.7 Å². The number of rotatable bonds is 5. The van der Waals surface area contributed by atoms with Crippen molar-refractivity contribution < 1.29 is 9.59 Å². The molecule has 1 saturated heterocycles. The van der Waals surface area contributed by atoms with E-state index in [1.165, 1.54) is 0 Å². The first-order valence-corrected chi connectivity index (χ1v) is 7.95. The van der Waals surface area contributed by atoms with E-state index in [1.54, 1.807) is 6.08 Å². The van der Waals surface area contributed by atoms with Crippen molar-refractivity contribution in [2.45, 2.75) is 38.1 Å². The second kappa shape index (κ2) is 6.79. The van der Waals surface area contributed by atoms with Crippen LogP contribution in [0.3, 0.4) is 0 Å². The lowest BCUT2D eigenvalue weighted by Crippen LogP contribution is -2.44. The van der Waals surface area contributed by atoms with Gasteiger partial charge in [0.05, 0.1) is 6.04 Å². The van der Waals surface area contributed by atoms with Gasteiger partial charge in [-0.1, -0.05) is 18.2 Å². The van der Waals surface area contributed by atoms with Crippen LogP contribution in [0.4, 0.5) is 5.69 Å². The van der Waals surface area contributed by atoms with E-state index in [0.29, 0.717) is 19.3 Å². The Morgan fingerprint density at radius 2 is 1.96 bits per heavy atom. The molecule has 1 aliphatic carbocycles. The van der Waals surface area contributed by atoms with Crippen molar-refractivity contribution in [1.82, 2.24) is 10.9 Å². The summed E-state index contributed by atoms with van der Waals surface area (Å²) >= 11 is 0. The van der Waals surface area contributed by atoms with Crippen LogP contribution in [0.1, 0.15) is 43.7 Å². The van der Waals surface area contributed by atoms with Crippen molar-refractivity contribution >= 4 is 17.4 Å². The lowest BCUT2D eigenvalue weighted by Gasteiger charge is -2.24. The van der Waals surface area contributed by atoms with Gasteiger partial charge in [-0.2, -0.15) is 0 Å². The molecule has 5 heteroatoms. The number of hydrogen-bond donors (Lipinski definition) is 3. The minimum Gasteiger partial charge on any atom is -0.359 e. The molecule has 5 nitrogen and oxygen atoms in total. The molecule has 1 unspecified atom stereocenters. The molecule has 0 bridgehead atoms. The molecule has 23 heavy (non-hydrogen) atoms. The monoisotopic (exact) mass is 311 g/mol. The third kappa shape index (κ3) is 3.51. The topological polar surface area (TPSA) is 70.2 Å². The minimum absolute atomic E-state index is 0.0344. The number of hydrogen-bond acceptors (Lipinski definition) is 4. The number of benzene rings is 1. The summed E-state index contributed by atoms with van der Waals surface area (Å²) in [6.45, 7) is 3.72. The van der Waals surface area contributed by atoms with Gasteiger partial charge in [-0.25, -0.2) is 5.43 Å². The average Bonchev–Trinajstić information content (AvgIpc) is 2.90. The highest BCUT2D eigenvalue weighted by Crippen LogP contribution is 2.28. The molecule has 1 aromatic carbocycles. The molecule has 0 aromatic heterocycles. The van der Waals surface area contributed by atoms with Crippen molar-refractivity contribution in [3.8, 4) is 0 Å². The van der Waals surface area contributed by atoms with Gasteiger partial charge >= 0.3 is 0 Å². The van der Waals surface area contributed by atoms with Gasteiger partial charge < -0.3 is 5.32 Å². The summed E-state index contributed by atoms with van der Waals surface area (Å²) in [7, 11) is 0. The quantitative estimate of drug-likeness (QED) is 0.731. The Morgan fingerprint density at radius 3 is 2.61 bits per heavy atom. The van der Waals surface area contributed by atoms with Crippen molar-refractivity contribution in [1.29, 1.82) is 0 Å². The molecule has 1 amide bonds. The second-order valence-electron chi connectivity index (χ2n) is 5.90. The molecule has 0 radical (unpaired) electrons. The maximum Gasteiger partial charge on any atom is 0.234 e. The molecule has 1 fully saturated rings. The number of carbonyl (C=O) groups excluding carboxylic acids is 2. The molecule has 0 spiro atoms. The smallest absolute Gasteiger partial charge is 0.234 e. The Morgan fingerprint density at radius 1 is 1.17 bits per heavy atom. The van der Waals surface area contributed by atoms with Crippen LogP contribution >= 0.6 is 0 Å². The van der Waals surface area contributed by atoms with Crippen molar-refractivity contribution in [3.05, 3.63) is 53.8 Å². The fourth-order valence-electron chi connectivity index (χ4n) is 3.03. The largest absolute Gasteiger partial charge is 0.359 e. The van der Waals surface area contributed by atoms with Crippen molar-refractivity contribution in [3.63, 3.8) is 0 Å². The Bertz CT molecular complexity index is 651. The van der Waals surface area contributed by atoms with E-state index in [9.17, 15) is 9.59 Å². The summed E-state index contributed by atoms with van der Waals surface area (Å²) in [5, 5.41) is 3.36. The number of hydrazine groups is 1. The molecule has 1 heterocycles. The molecular weight excluding hydrogens is 290 g/mol. The molecule has 120 valence electrons. The highest BCUT2D eigenvalue weighted by molar-refractivity contribution is 5.99. The molecule has 1 aromatic rings. The second-order valence-corrected chi connectivity index (χ2v) is 5.90. The SMILES string of the molecule is C=CCC1=C(Nc2ccc(C3CCC(=O)NN3)cc2)CCC1=O. The van der Waals surface area contributed by atoms with Gasteiger partial charge in [0.25, 0.3) is 0 Å². The number of ketones is 1. The number of anilines is 1. The fraction of sp³-hybridized carbons (Fsp3) is 0.333. The van der Waals surface area contributed by atoms with Gasteiger partial charge in [-0.15, -0.1) is 6.58 Å². The van der Waals surface area contributed by atoms with Gasteiger partial charge in [-0.05, 0) is 37.0 Å². The fourth-order valence-corrected chi connectivity index (χ4v) is 3.03. The Balaban J connectivity index is 1.69. The molecule has 1 atom stereocenters. The summed E-state index contributed by atoms with van der Waals surface area (Å²) in [5.74, 6) is 0.248. The number of carbonyl (C=O) groups is 2. The van der Waals surface area contributed by atoms with Crippen molar-refractivity contribution in [2.24, 2.45) is 0 Å². The molecule has 0 saturated carbocycles. The Kier molecular flexibility index (Phi) is 4.57. The summed E-state index contributed by atoms with van der Waals surface area (Å²) in [4.78, 5) is 23.0. The van der Waals surface area contributed by atoms with E-state index >= 15 is 0 Å². The van der Waals surface area contributed by atoms with Crippen LogP contribution in [0, 0.1) is 0 Å². The van der Waals surface area contributed by atoms with Crippen LogP contribution in [0.15, 0.2) is 48.2 Å². The highest BCUT2D eigenvalue weighted by atomic mass is 16.2. The van der Waals surface area contributed by atoms with Gasteiger partial charge in [0.2, 0.25) is 5.91 Å². The van der Waals surface area contributed by atoms with Crippen LogP contribution in [0.2, 0.25) is 0 Å².